The predicted molar refractivity (Wildman–Crippen MR) is 69.0 cm³/mol. The van der Waals surface area contributed by atoms with E-state index in [9.17, 15) is 4.39 Å². The van der Waals surface area contributed by atoms with Crippen LogP contribution >= 0.6 is 0 Å². The zero-order chi connectivity index (χ0) is 12.0. The van der Waals surface area contributed by atoms with Crippen LogP contribution in [-0.2, 0) is 5.67 Å². The van der Waals surface area contributed by atoms with Crippen LogP contribution in [0.2, 0.25) is 0 Å². The molecule has 2 aromatic rings. The number of aryl methyl sites for hydroxylation is 1. The number of likely N-dealkylation sites (tertiary alicyclic amines) is 1. The van der Waals surface area contributed by atoms with E-state index in [2.05, 4.69) is 13.0 Å². The van der Waals surface area contributed by atoms with Crippen molar-refractivity contribution >= 4 is 10.8 Å². The van der Waals surface area contributed by atoms with Crippen LogP contribution in [0, 0.1) is 6.92 Å². The van der Waals surface area contributed by atoms with Gasteiger partial charge in [0.25, 0.3) is 0 Å². The predicted octanol–water partition coefficient (Wildman–Crippen LogP) is 3.26. The van der Waals surface area contributed by atoms with Crippen molar-refractivity contribution in [1.29, 1.82) is 0 Å². The van der Waals surface area contributed by atoms with Gasteiger partial charge in [-0.25, -0.2) is 4.39 Å². The van der Waals surface area contributed by atoms with E-state index in [1.54, 1.807) is 0 Å². The van der Waals surface area contributed by atoms with Gasteiger partial charge in [-0.1, -0.05) is 36.4 Å². The fourth-order valence-electron chi connectivity index (χ4n) is 2.82. The lowest BCUT2D eigenvalue weighted by Gasteiger charge is -2.43. The fraction of sp³-hybridized carbons (Fsp3) is 0.333. The minimum atomic E-state index is -1.16. The fourth-order valence-corrected chi connectivity index (χ4v) is 2.82. The highest BCUT2D eigenvalue weighted by atomic mass is 19.1. The van der Waals surface area contributed by atoms with E-state index in [0.29, 0.717) is 13.1 Å². The topological polar surface area (TPSA) is 3.24 Å². The summed E-state index contributed by atoms with van der Waals surface area (Å²) in [6.07, 6.45) is 0. The molecular weight excluding hydrogens is 213 g/mol. The van der Waals surface area contributed by atoms with Crippen molar-refractivity contribution in [3.05, 3.63) is 47.5 Å². The number of halogens is 1. The van der Waals surface area contributed by atoms with Gasteiger partial charge in [0.05, 0.1) is 0 Å². The normalized spacial score (nSPS) is 19.2. The first-order chi connectivity index (χ1) is 8.10. The van der Waals surface area contributed by atoms with Crippen molar-refractivity contribution in [3.63, 3.8) is 0 Å². The van der Waals surface area contributed by atoms with Crippen molar-refractivity contribution in [2.24, 2.45) is 0 Å². The molecule has 88 valence electrons. The van der Waals surface area contributed by atoms with Crippen molar-refractivity contribution in [1.82, 2.24) is 4.90 Å². The molecule has 2 aromatic carbocycles. The van der Waals surface area contributed by atoms with Crippen LogP contribution in [0.3, 0.4) is 0 Å². The van der Waals surface area contributed by atoms with E-state index in [1.807, 2.05) is 42.3 Å². The number of nitrogens with zero attached hydrogens (tertiary/aromatic N) is 1. The van der Waals surface area contributed by atoms with Crippen molar-refractivity contribution in [3.8, 4) is 0 Å². The molecule has 0 N–H and O–H groups in total. The second-order valence-electron chi connectivity index (χ2n) is 5.11. The monoisotopic (exact) mass is 229 g/mol. The molecule has 0 bridgehead atoms. The van der Waals surface area contributed by atoms with Gasteiger partial charge in [-0.15, -0.1) is 0 Å². The third kappa shape index (κ3) is 1.55. The molecule has 1 nitrogen and oxygen atoms in total. The number of alkyl halides is 1. The van der Waals surface area contributed by atoms with E-state index >= 15 is 0 Å². The van der Waals surface area contributed by atoms with Crippen LogP contribution in [0.1, 0.15) is 11.1 Å². The Kier molecular flexibility index (Phi) is 2.23. The molecular formula is C15H16FN. The average Bonchev–Trinajstić information content (AvgIpc) is 2.28. The highest BCUT2D eigenvalue weighted by Gasteiger charge is 2.43. The second-order valence-corrected chi connectivity index (χ2v) is 5.11. The van der Waals surface area contributed by atoms with Crippen LogP contribution in [0.5, 0.6) is 0 Å². The van der Waals surface area contributed by atoms with E-state index in [1.165, 1.54) is 5.56 Å². The number of fused-ring (bicyclic) bond motifs is 1. The van der Waals surface area contributed by atoms with Gasteiger partial charge >= 0.3 is 0 Å². The van der Waals surface area contributed by atoms with Gasteiger partial charge in [0, 0.05) is 13.1 Å². The zero-order valence-electron chi connectivity index (χ0n) is 10.2. The lowest BCUT2D eigenvalue weighted by molar-refractivity contribution is -0.0182. The first-order valence-electron chi connectivity index (χ1n) is 5.96. The van der Waals surface area contributed by atoms with Crippen LogP contribution in [-0.4, -0.2) is 25.0 Å². The van der Waals surface area contributed by atoms with Gasteiger partial charge < -0.3 is 0 Å². The summed E-state index contributed by atoms with van der Waals surface area (Å²) in [6, 6.07) is 12.1. The molecule has 1 fully saturated rings. The summed E-state index contributed by atoms with van der Waals surface area (Å²) in [7, 11) is 1.95. The molecule has 0 saturated carbocycles. The van der Waals surface area contributed by atoms with E-state index in [0.717, 1.165) is 16.3 Å². The molecule has 2 heteroatoms. The summed E-state index contributed by atoms with van der Waals surface area (Å²) in [6.45, 7) is 3.07. The Morgan fingerprint density at radius 2 is 1.71 bits per heavy atom. The third-order valence-electron chi connectivity index (χ3n) is 3.67. The lowest BCUT2D eigenvalue weighted by atomic mass is 9.84. The first-order valence-corrected chi connectivity index (χ1v) is 5.96. The smallest absolute Gasteiger partial charge is 0.161 e. The molecule has 0 unspecified atom stereocenters. The third-order valence-corrected chi connectivity index (χ3v) is 3.67. The summed E-state index contributed by atoms with van der Waals surface area (Å²) < 4.78 is 14.7. The summed E-state index contributed by atoms with van der Waals surface area (Å²) in [5.41, 5.74) is 0.889. The van der Waals surface area contributed by atoms with Crippen molar-refractivity contribution in [2.75, 3.05) is 20.1 Å². The standard InChI is InChI=1S/C15H16FN/c1-11-7-8-14(15(16)9-17(2)10-15)13-6-4-3-5-12(11)13/h3-8H,9-10H2,1-2H3. The van der Waals surface area contributed by atoms with Gasteiger partial charge in [-0.3, -0.25) is 4.90 Å². The van der Waals surface area contributed by atoms with Crippen molar-refractivity contribution in [2.45, 2.75) is 12.6 Å². The second kappa shape index (κ2) is 3.54. The van der Waals surface area contributed by atoms with Crippen LogP contribution in [0.4, 0.5) is 4.39 Å². The average molecular weight is 229 g/mol. The molecule has 0 aliphatic carbocycles. The van der Waals surface area contributed by atoms with Crippen LogP contribution < -0.4 is 0 Å². The molecule has 17 heavy (non-hydrogen) atoms. The number of hydrogen-bond donors (Lipinski definition) is 0. The number of likely N-dealkylation sites (N-methyl/N-ethyl adjacent to an activating group) is 1. The Morgan fingerprint density at radius 1 is 1.06 bits per heavy atom. The molecule has 1 heterocycles. The molecule has 3 rings (SSSR count). The number of benzene rings is 2. The minimum absolute atomic E-state index is 0.500. The molecule has 0 aromatic heterocycles. The van der Waals surface area contributed by atoms with Gasteiger partial charge in [-0.2, -0.15) is 0 Å². The van der Waals surface area contributed by atoms with Gasteiger partial charge in [0.15, 0.2) is 5.67 Å². The Bertz CT molecular complexity index is 570. The van der Waals surface area contributed by atoms with E-state index in [-0.39, 0.29) is 0 Å². The molecule has 0 radical (unpaired) electrons. The highest BCUT2D eigenvalue weighted by Crippen LogP contribution is 2.39. The Balaban J connectivity index is 2.21. The van der Waals surface area contributed by atoms with Crippen LogP contribution in [0.25, 0.3) is 10.8 Å². The summed E-state index contributed by atoms with van der Waals surface area (Å²) in [5, 5.41) is 2.22. The van der Waals surface area contributed by atoms with E-state index in [4.69, 9.17) is 0 Å². The first kappa shape index (κ1) is 10.7. The maximum atomic E-state index is 14.7. The maximum absolute atomic E-state index is 14.7. The maximum Gasteiger partial charge on any atom is 0.161 e. The number of rotatable bonds is 1. The summed E-state index contributed by atoms with van der Waals surface area (Å²) in [4.78, 5) is 2.01. The molecule has 1 aliphatic rings. The number of hydrogen-bond acceptors (Lipinski definition) is 1. The quantitative estimate of drug-likeness (QED) is 0.725. The Labute approximate surface area is 101 Å². The summed E-state index contributed by atoms with van der Waals surface area (Å²) >= 11 is 0. The molecule has 0 atom stereocenters. The van der Waals surface area contributed by atoms with Crippen molar-refractivity contribution < 1.29 is 4.39 Å². The largest absolute Gasteiger partial charge is 0.299 e. The molecule has 0 spiro atoms. The SMILES string of the molecule is Cc1ccc(C2(F)CN(C)C2)c2ccccc12. The lowest BCUT2D eigenvalue weighted by Crippen LogP contribution is -2.54. The minimum Gasteiger partial charge on any atom is -0.299 e. The van der Waals surface area contributed by atoms with Gasteiger partial charge in [0.1, 0.15) is 0 Å². The van der Waals surface area contributed by atoms with Crippen LogP contribution in [0.15, 0.2) is 36.4 Å². The Hall–Kier alpha value is -1.41. The summed E-state index contributed by atoms with van der Waals surface area (Å²) in [5.74, 6) is 0. The Morgan fingerprint density at radius 3 is 2.35 bits per heavy atom. The van der Waals surface area contributed by atoms with Gasteiger partial charge in [-0.05, 0) is 35.9 Å². The van der Waals surface area contributed by atoms with E-state index < -0.39 is 5.67 Å². The molecule has 0 amide bonds. The zero-order valence-corrected chi connectivity index (χ0v) is 10.2. The molecule has 1 saturated heterocycles. The highest BCUT2D eigenvalue weighted by molar-refractivity contribution is 5.89. The van der Waals surface area contributed by atoms with Gasteiger partial charge in [0.2, 0.25) is 0 Å². The molecule has 1 aliphatic heterocycles.